The molecule has 1 aromatic heterocycles. The zero-order chi connectivity index (χ0) is 23.9. The Morgan fingerprint density at radius 2 is 1.68 bits per heavy atom. The van der Waals surface area contributed by atoms with E-state index in [1.165, 1.54) is 30.5 Å². The monoisotopic (exact) mass is 463 g/mol. The average molecular weight is 464 g/mol. The first kappa shape index (κ1) is 23.2. The highest BCUT2D eigenvalue weighted by atomic mass is 19.1. The van der Waals surface area contributed by atoms with Crippen molar-refractivity contribution in [1.82, 2.24) is 10.6 Å². The third-order valence-electron chi connectivity index (χ3n) is 5.85. The van der Waals surface area contributed by atoms with Crippen LogP contribution in [0, 0.1) is 5.82 Å². The molecular formula is C26H26FN3O4. The van der Waals surface area contributed by atoms with Crippen LogP contribution in [0.4, 0.5) is 10.1 Å². The number of hydrogen-bond acceptors (Lipinski definition) is 4. The van der Waals surface area contributed by atoms with Crippen molar-refractivity contribution < 1.29 is 23.2 Å². The van der Waals surface area contributed by atoms with Crippen molar-refractivity contribution in [3.63, 3.8) is 0 Å². The number of nitrogens with zero attached hydrogens (tertiary/aromatic N) is 1. The summed E-state index contributed by atoms with van der Waals surface area (Å²) >= 11 is 0. The molecular weight excluding hydrogens is 437 g/mol. The number of carbonyl (C=O) groups excluding carboxylic acids is 3. The van der Waals surface area contributed by atoms with Gasteiger partial charge in [-0.25, -0.2) is 4.39 Å². The lowest BCUT2D eigenvalue weighted by Crippen LogP contribution is -2.49. The van der Waals surface area contributed by atoms with Crippen LogP contribution in [0.15, 0.2) is 77.4 Å². The molecule has 1 aliphatic carbocycles. The molecule has 3 aromatic rings. The number of rotatable bonds is 8. The summed E-state index contributed by atoms with van der Waals surface area (Å²) in [6.07, 6.45) is 5.12. The van der Waals surface area contributed by atoms with Crippen LogP contribution >= 0.6 is 0 Å². The Morgan fingerprint density at radius 3 is 2.35 bits per heavy atom. The number of nitrogens with one attached hydrogen (secondary N) is 2. The lowest BCUT2D eigenvalue weighted by atomic mass is 10.0. The van der Waals surface area contributed by atoms with Gasteiger partial charge < -0.3 is 15.1 Å². The topological polar surface area (TPSA) is 91.7 Å². The van der Waals surface area contributed by atoms with Gasteiger partial charge in [0.05, 0.1) is 18.5 Å². The maximum absolute atomic E-state index is 14.9. The number of furan rings is 1. The molecule has 0 radical (unpaired) electrons. The van der Waals surface area contributed by atoms with Gasteiger partial charge in [0.1, 0.15) is 11.9 Å². The van der Waals surface area contributed by atoms with Gasteiger partial charge in [-0.1, -0.05) is 55.3 Å². The van der Waals surface area contributed by atoms with Gasteiger partial charge in [0, 0.05) is 6.04 Å². The number of anilines is 1. The normalized spacial score (nSPS) is 14.4. The van der Waals surface area contributed by atoms with E-state index in [-0.39, 0.29) is 17.5 Å². The summed E-state index contributed by atoms with van der Waals surface area (Å²) in [6, 6.07) is 16.5. The SMILES string of the molecule is O=C(NCC(=O)N(c1ccccc1F)[C@@H](C(=O)NC1CCCC1)c1ccccc1)c1ccco1. The van der Waals surface area contributed by atoms with Crippen LogP contribution in [-0.4, -0.2) is 30.3 Å². The van der Waals surface area contributed by atoms with Gasteiger partial charge in [0.15, 0.2) is 5.76 Å². The standard InChI is InChI=1S/C26H26FN3O4/c27-20-13-6-7-14-21(20)30(23(31)17-28-25(32)22-15-8-16-34-22)24(18-9-2-1-3-10-18)26(33)29-19-11-4-5-12-19/h1-3,6-10,13-16,19,24H,4-5,11-12,17H2,(H,28,32)(H,29,33)/t24-/m1/s1. The van der Waals surface area contributed by atoms with Crippen LogP contribution in [-0.2, 0) is 9.59 Å². The second-order valence-corrected chi connectivity index (χ2v) is 8.18. The lowest BCUT2D eigenvalue weighted by Gasteiger charge is -2.32. The van der Waals surface area contributed by atoms with Crippen molar-refractivity contribution in [3.05, 3.63) is 90.1 Å². The summed E-state index contributed by atoms with van der Waals surface area (Å²) in [5.41, 5.74) is 0.488. The lowest BCUT2D eigenvalue weighted by molar-refractivity contribution is -0.126. The Morgan fingerprint density at radius 1 is 0.971 bits per heavy atom. The molecule has 1 fully saturated rings. The molecule has 0 spiro atoms. The van der Waals surface area contributed by atoms with Crippen molar-refractivity contribution in [2.24, 2.45) is 0 Å². The van der Waals surface area contributed by atoms with Crippen LogP contribution in [0.2, 0.25) is 0 Å². The quantitative estimate of drug-likeness (QED) is 0.529. The van der Waals surface area contributed by atoms with Crippen molar-refractivity contribution >= 4 is 23.4 Å². The second-order valence-electron chi connectivity index (χ2n) is 8.18. The van der Waals surface area contributed by atoms with E-state index in [0.29, 0.717) is 5.56 Å². The van der Waals surface area contributed by atoms with Crippen LogP contribution in [0.1, 0.15) is 47.8 Å². The maximum Gasteiger partial charge on any atom is 0.287 e. The zero-order valence-corrected chi connectivity index (χ0v) is 18.6. The molecule has 1 aliphatic rings. The first-order valence-corrected chi connectivity index (χ1v) is 11.3. The van der Waals surface area contributed by atoms with Crippen molar-refractivity contribution in [3.8, 4) is 0 Å². The fraction of sp³-hybridized carbons (Fsp3) is 0.269. The van der Waals surface area contributed by atoms with Gasteiger partial charge in [-0.05, 0) is 42.7 Å². The van der Waals surface area contributed by atoms with E-state index < -0.39 is 36.1 Å². The van der Waals surface area contributed by atoms with Crippen molar-refractivity contribution in [1.29, 1.82) is 0 Å². The smallest absolute Gasteiger partial charge is 0.287 e. The van der Waals surface area contributed by atoms with Gasteiger partial charge in [-0.15, -0.1) is 0 Å². The summed E-state index contributed by atoms with van der Waals surface area (Å²) in [4.78, 5) is 40.4. The first-order valence-electron chi connectivity index (χ1n) is 11.3. The third kappa shape index (κ3) is 5.33. The first-order chi connectivity index (χ1) is 16.5. The van der Waals surface area contributed by atoms with Crippen LogP contribution in [0.5, 0.6) is 0 Å². The molecule has 0 unspecified atom stereocenters. The van der Waals surface area contributed by atoms with E-state index in [1.54, 1.807) is 42.5 Å². The Balaban J connectivity index is 1.67. The summed E-state index contributed by atoms with van der Waals surface area (Å²) in [6.45, 7) is -0.450. The number of amides is 3. The van der Waals surface area contributed by atoms with Crippen molar-refractivity contribution in [2.45, 2.75) is 37.8 Å². The molecule has 1 heterocycles. The van der Waals surface area contributed by atoms with Gasteiger partial charge in [-0.2, -0.15) is 0 Å². The van der Waals surface area contributed by atoms with Gasteiger partial charge >= 0.3 is 0 Å². The van der Waals surface area contributed by atoms with Gasteiger partial charge in [0.25, 0.3) is 5.91 Å². The molecule has 34 heavy (non-hydrogen) atoms. The van der Waals surface area contributed by atoms with E-state index in [4.69, 9.17) is 4.42 Å². The van der Waals surface area contributed by atoms with E-state index in [0.717, 1.165) is 30.6 Å². The number of para-hydroxylation sites is 1. The highest BCUT2D eigenvalue weighted by molar-refractivity contribution is 6.04. The Hall–Kier alpha value is -3.94. The number of halogens is 1. The van der Waals surface area contributed by atoms with Crippen LogP contribution in [0.3, 0.4) is 0 Å². The molecule has 2 N–H and O–H groups in total. The predicted molar refractivity (Wildman–Crippen MR) is 125 cm³/mol. The molecule has 176 valence electrons. The largest absolute Gasteiger partial charge is 0.459 e. The molecule has 0 bridgehead atoms. The molecule has 1 saturated carbocycles. The predicted octanol–water partition coefficient (Wildman–Crippen LogP) is 3.98. The minimum Gasteiger partial charge on any atom is -0.459 e. The average Bonchev–Trinajstić information content (AvgIpc) is 3.56. The number of benzene rings is 2. The van der Waals surface area contributed by atoms with Crippen LogP contribution in [0.25, 0.3) is 0 Å². The van der Waals surface area contributed by atoms with E-state index in [2.05, 4.69) is 10.6 Å². The molecule has 2 aromatic carbocycles. The fourth-order valence-corrected chi connectivity index (χ4v) is 4.20. The number of hydrogen-bond donors (Lipinski definition) is 2. The summed E-state index contributed by atoms with van der Waals surface area (Å²) < 4.78 is 20.0. The van der Waals surface area contributed by atoms with Crippen molar-refractivity contribution in [2.75, 3.05) is 11.4 Å². The zero-order valence-electron chi connectivity index (χ0n) is 18.6. The highest BCUT2D eigenvalue weighted by Crippen LogP contribution is 2.31. The molecule has 1 atom stereocenters. The maximum atomic E-state index is 14.9. The summed E-state index contributed by atoms with van der Waals surface area (Å²) in [7, 11) is 0. The molecule has 8 heteroatoms. The third-order valence-corrected chi connectivity index (χ3v) is 5.85. The minimum absolute atomic E-state index is 0.00920. The Kier molecular flexibility index (Phi) is 7.37. The summed E-state index contributed by atoms with van der Waals surface area (Å²) in [5.74, 6) is -2.22. The molecule has 3 amide bonds. The van der Waals surface area contributed by atoms with E-state index in [9.17, 15) is 18.8 Å². The highest BCUT2D eigenvalue weighted by Gasteiger charge is 2.35. The number of carbonyl (C=O) groups is 3. The second kappa shape index (κ2) is 10.8. The fourth-order valence-electron chi connectivity index (χ4n) is 4.20. The minimum atomic E-state index is -1.12. The Bertz CT molecular complexity index is 1130. The van der Waals surface area contributed by atoms with Gasteiger partial charge in [0.2, 0.25) is 11.8 Å². The Labute approximate surface area is 196 Å². The molecule has 4 rings (SSSR count). The van der Waals surface area contributed by atoms with E-state index in [1.807, 2.05) is 0 Å². The molecule has 7 nitrogen and oxygen atoms in total. The van der Waals surface area contributed by atoms with E-state index >= 15 is 0 Å². The summed E-state index contributed by atoms with van der Waals surface area (Å²) in [5, 5.41) is 5.53. The molecule has 0 aliphatic heterocycles. The van der Waals surface area contributed by atoms with Gasteiger partial charge in [-0.3, -0.25) is 19.3 Å². The molecule has 0 saturated heterocycles. The van der Waals surface area contributed by atoms with Crippen LogP contribution < -0.4 is 15.5 Å².